The van der Waals surface area contributed by atoms with Gasteiger partial charge in [0.05, 0.1) is 16.0 Å². The van der Waals surface area contributed by atoms with Gasteiger partial charge in [0.25, 0.3) is 0 Å². The first kappa shape index (κ1) is 26.0. The fourth-order valence-electron chi connectivity index (χ4n) is 4.44. The van der Waals surface area contributed by atoms with Crippen LogP contribution in [0.1, 0.15) is 0 Å². The molecular formula is C27H24N2O7S. The van der Waals surface area contributed by atoms with Gasteiger partial charge in [-0.15, -0.1) is 12.8 Å². The van der Waals surface area contributed by atoms with Crippen LogP contribution in [0.25, 0.3) is 10.8 Å². The standard InChI is InChI=1S/C27H24N2O7S/c1-5-15-34-25(30)23-21-13-14-27(36-21,24(23)26(31)35-16-6-2)17-28-37(32,33)22-12-8-9-18-19(22)10-7-11-20(18)29(3)4/h1-2,7-14,21,28H,15-17H2,3-4H3. The highest BCUT2D eigenvalue weighted by Gasteiger charge is 2.55. The molecule has 0 saturated carbocycles. The first-order valence-corrected chi connectivity index (χ1v) is 12.7. The van der Waals surface area contributed by atoms with Gasteiger partial charge in [-0.25, -0.2) is 22.7 Å². The second-order valence-electron chi connectivity index (χ2n) is 8.48. The minimum atomic E-state index is -4.10. The number of anilines is 1. The summed E-state index contributed by atoms with van der Waals surface area (Å²) in [5.74, 6) is 2.58. The van der Waals surface area contributed by atoms with Crippen LogP contribution in [0.2, 0.25) is 0 Å². The summed E-state index contributed by atoms with van der Waals surface area (Å²) in [6.07, 6.45) is 12.5. The lowest BCUT2D eigenvalue weighted by atomic mass is 9.87. The molecule has 2 aromatic rings. The number of esters is 2. The second kappa shape index (κ2) is 10.1. The number of rotatable bonds is 9. The van der Waals surface area contributed by atoms with Crippen molar-refractivity contribution in [1.29, 1.82) is 0 Å². The van der Waals surface area contributed by atoms with Crippen LogP contribution in [0.5, 0.6) is 0 Å². The van der Waals surface area contributed by atoms with Gasteiger partial charge in [-0.3, -0.25) is 0 Å². The summed E-state index contributed by atoms with van der Waals surface area (Å²) in [5.41, 5.74) is -1.05. The van der Waals surface area contributed by atoms with Crippen LogP contribution in [0, 0.1) is 24.7 Å². The Morgan fingerprint density at radius 3 is 2.38 bits per heavy atom. The van der Waals surface area contributed by atoms with Crippen LogP contribution in [-0.4, -0.2) is 65.9 Å². The molecule has 0 radical (unpaired) electrons. The molecule has 2 bridgehead atoms. The molecule has 1 N–H and O–H groups in total. The van der Waals surface area contributed by atoms with E-state index in [1.807, 2.05) is 31.1 Å². The van der Waals surface area contributed by atoms with Crippen molar-refractivity contribution in [3.63, 3.8) is 0 Å². The molecule has 10 heteroatoms. The zero-order chi connectivity index (χ0) is 26.8. The van der Waals surface area contributed by atoms with Crippen LogP contribution in [0.3, 0.4) is 0 Å². The molecule has 0 saturated heterocycles. The largest absolute Gasteiger partial charge is 0.449 e. The zero-order valence-electron chi connectivity index (χ0n) is 20.2. The van der Waals surface area contributed by atoms with Crippen LogP contribution in [-0.2, 0) is 33.8 Å². The highest BCUT2D eigenvalue weighted by molar-refractivity contribution is 7.89. The monoisotopic (exact) mass is 520 g/mol. The zero-order valence-corrected chi connectivity index (χ0v) is 21.0. The Hall–Kier alpha value is -4.09. The smallest absolute Gasteiger partial charge is 0.338 e. The number of hydrogen-bond donors (Lipinski definition) is 1. The number of hydrogen-bond acceptors (Lipinski definition) is 8. The lowest BCUT2D eigenvalue weighted by molar-refractivity contribution is -0.141. The van der Waals surface area contributed by atoms with E-state index in [0.717, 1.165) is 11.1 Å². The SMILES string of the molecule is C#CCOC(=O)C1=C(C(=O)OCC#C)C2(CNS(=O)(=O)c3cccc4c(N(C)C)cccc34)C=CC1O2. The number of sulfonamides is 1. The van der Waals surface area contributed by atoms with Crippen molar-refractivity contribution in [1.82, 2.24) is 4.72 Å². The average molecular weight is 521 g/mol. The van der Waals surface area contributed by atoms with Gasteiger partial charge in [-0.2, -0.15) is 0 Å². The van der Waals surface area contributed by atoms with Crippen LogP contribution in [0.4, 0.5) is 5.69 Å². The molecular weight excluding hydrogens is 496 g/mol. The van der Waals surface area contributed by atoms with Crippen molar-refractivity contribution >= 4 is 38.4 Å². The minimum absolute atomic E-state index is 0.0516. The summed E-state index contributed by atoms with van der Waals surface area (Å²) in [6, 6.07) is 10.4. The fraction of sp³-hybridized carbons (Fsp3) is 0.259. The number of nitrogens with zero attached hydrogens (tertiary/aromatic N) is 1. The molecule has 37 heavy (non-hydrogen) atoms. The normalized spacial score (nSPS) is 19.9. The van der Waals surface area contributed by atoms with Crippen LogP contribution >= 0.6 is 0 Å². The quantitative estimate of drug-likeness (QED) is 0.301. The molecule has 2 heterocycles. The predicted molar refractivity (Wildman–Crippen MR) is 137 cm³/mol. The molecule has 0 spiro atoms. The van der Waals surface area contributed by atoms with Gasteiger partial charge in [0.15, 0.2) is 13.2 Å². The van der Waals surface area contributed by atoms with Gasteiger partial charge in [-0.05, 0) is 18.2 Å². The van der Waals surface area contributed by atoms with E-state index in [9.17, 15) is 18.0 Å². The third kappa shape index (κ3) is 4.70. The van der Waals surface area contributed by atoms with E-state index < -0.39 is 40.2 Å². The molecule has 2 unspecified atom stereocenters. The molecule has 190 valence electrons. The molecule has 4 rings (SSSR count). The van der Waals surface area contributed by atoms with Gasteiger partial charge >= 0.3 is 11.9 Å². The van der Waals surface area contributed by atoms with E-state index in [1.54, 1.807) is 24.3 Å². The number of fused-ring (bicyclic) bond motifs is 3. The molecule has 2 aliphatic heterocycles. The highest BCUT2D eigenvalue weighted by Crippen LogP contribution is 2.44. The molecule has 2 aliphatic rings. The van der Waals surface area contributed by atoms with Gasteiger partial charge < -0.3 is 19.1 Å². The minimum Gasteiger partial charge on any atom is -0.449 e. The predicted octanol–water partition coefficient (Wildman–Crippen LogP) is 1.54. The van der Waals surface area contributed by atoms with Crippen molar-refractivity contribution in [2.75, 3.05) is 38.8 Å². The van der Waals surface area contributed by atoms with Crippen molar-refractivity contribution in [3.8, 4) is 24.7 Å². The Balaban J connectivity index is 1.70. The van der Waals surface area contributed by atoms with E-state index in [-0.39, 0.29) is 29.3 Å². The molecule has 2 aromatic carbocycles. The Morgan fingerprint density at radius 1 is 1.05 bits per heavy atom. The second-order valence-corrected chi connectivity index (χ2v) is 10.2. The molecule has 2 atom stereocenters. The van der Waals surface area contributed by atoms with Crippen LogP contribution < -0.4 is 9.62 Å². The number of nitrogens with one attached hydrogen (secondary N) is 1. The Labute approximate surface area is 215 Å². The summed E-state index contributed by atoms with van der Waals surface area (Å²) >= 11 is 0. The summed E-state index contributed by atoms with van der Waals surface area (Å²) in [6.45, 7) is -1.06. The lowest BCUT2D eigenvalue weighted by Gasteiger charge is -2.26. The maximum Gasteiger partial charge on any atom is 0.338 e. The molecule has 0 fully saturated rings. The van der Waals surface area contributed by atoms with Gasteiger partial charge in [0.1, 0.15) is 11.7 Å². The number of carbonyl (C=O) groups excluding carboxylic acids is 2. The van der Waals surface area contributed by atoms with E-state index >= 15 is 0 Å². The lowest BCUT2D eigenvalue weighted by Crippen LogP contribution is -2.44. The van der Waals surface area contributed by atoms with Gasteiger partial charge in [0.2, 0.25) is 10.0 Å². The van der Waals surface area contributed by atoms with Gasteiger partial charge in [0, 0.05) is 37.1 Å². The summed E-state index contributed by atoms with van der Waals surface area (Å²) in [5, 5.41) is 1.28. The van der Waals surface area contributed by atoms with E-state index in [2.05, 4.69) is 16.6 Å². The van der Waals surface area contributed by atoms with Crippen molar-refractivity contribution in [2.24, 2.45) is 0 Å². The van der Waals surface area contributed by atoms with Crippen molar-refractivity contribution < 1.29 is 32.2 Å². The number of terminal acetylenes is 2. The van der Waals surface area contributed by atoms with E-state index in [4.69, 9.17) is 27.1 Å². The summed E-state index contributed by atoms with van der Waals surface area (Å²) in [7, 11) is -0.361. The highest BCUT2D eigenvalue weighted by atomic mass is 32.2. The number of carbonyl (C=O) groups is 2. The maximum absolute atomic E-state index is 13.5. The third-order valence-electron chi connectivity index (χ3n) is 6.01. The Bertz CT molecular complexity index is 1530. The Kier molecular flexibility index (Phi) is 7.10. The maximum atomic E-state index is 13.5. The molecule has 9 nitrogen and oxygen atoms in total. The van der Waals surface area contributed by atoms with E-state index in [1.165, 1.54) is 12.1 Å². The number of ether oxygens (including phenoxy) is 3. The first-order valence-electron chi connectivity index (χ1n) is 11.2. The summed E-state index contributed by atoms with van der Waals surface area (Å²) in [4.78, 5) is 27.6. The molecule has 0 amide bonds. The third-order valence-corrected chi connectivity index (χ3v) is 7.47. The van der Waals surface area contributed by atoms with Crippen LogP contribution in [0.15, 0.2) is 64.6 Å². The van der Waals surface area contributed by atoms with E-state index in [0.29, 0.717) is 5.39 Å². The Morgan fingerprint density at radius 2 is 1.70 bits per heavy atom. The summed E-state index contributed by atoms with van der Waals surface area (Å²) < 4.78 is 45.5. The molecule has 0 aliphatic carbocycles. The van der Waals surface area contributed by atoms with Gasteiger partial charge in [-0.1, -0.05) is 42.2 Å². The average Bonchev–Trinajstić information content (AvgIpc) is 3.45. The van der Waals surface area contributed by atoms with Crippen molar-refractivity contribution in [2.45, 2.75) is 16.6 Å². The topological polar surface area (TPSA) is 111 Å². The molecule has 0 aromatic heterocycles. The number of benzene rings is 2. The first-order chi connectivity index (χ1) is 17.6. The van der Waals surface area contributed by atoms with Crippen molar-refractivity contribution in [3.05, 3.63) is 59.7 Å². The fourth-order valence-corrected chi connectivity index (χ4v) is 5.72.